The smallest absolute Gasteiger partial charge is 0.326 e. The SMILES string of the molecule is C=C(Cc1cn(C(=O)NCCCC)c2ccc(OC)cc12)NC. The Kier molecular flexibility index (Phi) is 5.68. The lowest BCUT2D eigenvalue weighted by molar-refractivity contribution is 0.243. The summed E-state index contributed by atoms with van der Waals surface area (Å²) in [6.07, 6.45) is 4.57. The number of benzene rings is 1. The average molecular weight is 315 g/mol. The van der Waals surface area contributed by atoms with Crippen LogP contribution < -0.4 is 15.4 Å². The summed E-state index contributed by atoms with van der Waals surface area (Å²) in [6.45, 7) is 6.77. The first kappa shape index (κ1) is 16.9. The van der Waals surface area contributed by atoms with Crippen LogP contribution in [-0.2, 0) is 6.42 Å². The van der Waals surface area contributed by atoms with Crippen LogP contribution in [0, 0.1) is 0 Å². The fraction of sp³-hybridized carbons (Fsp3) is 0.389. The van der Waals surface area contributed by atoms with Crippen LogP contribution in [-0.4, -0.2) is 31.3 Å². The predicted octanol–water partition coefficient (Wildman–Crippen LogP) is 3.28. The van der Waals surface area contributed by atoms with Crippen molar-refractivity contribution in [2.24, 2.45) is 0 Å². The van der Waals surface area contributed by atoms with E-state index in [0.717, 1.165) is 40.8 Å². The standard InChI is InChI=1S/C18H25N3O2/c1-5-6-9-20-18(22)21-12-14(10-13(2)19-3)16-11-15(23-4)7-8-17(16)21/h7-8,11-12,19H,2,5-6,9-10H2,1,3-4H3,(H,20,22). The van der Waals surface area contributed by atoms with Crippen molar-refractivity contribution in [3.63, 3.8) is 0 Å². The van der Waals surface area contributed by atoms with Gasteiger partial charge in [-0.2, -0.15) is 0 Å². The minimum absolute atomic E-state index is 0.102. The van der Waals surface area contributed by atoms with Crippen LogP contribution >= 0.6 is 0 Å². The van der Waals surface area contributed by atoms with E-state index in [9.17, 15) is 4.79 Å². The highest BCUT2D eigenvalue weighted by Gasteiger charge is 2.14. The number of hydrogen-bond acceptors (Lipinski definition) is 3. The Bertz CT molecular complexity index is 704. The van der Waals surface area contributed by atoms with Crippen LogP contribution in [0.15, 0.2) is 36.7 Å². The van der Waals surface area contributed by atoms with E-state index in [1.165, 1.54) is 0 Å². The van der Waals surface area contributed by atoms with E-state index in [2.05, 4.69) is 24.1 Å². The van der Waals surface area contributed by atoms with Crippen LogP contribution in [0.25, 0.3) is 10.9 Å². The van der Waals surface area contributed by atoms with Gasteiger partial charge >= 0.3 is 6.03 Å². The summed E-state index contributed by atoms with van der Waals surface area (Å²) in [5, 5.41) is 7.01. The minimum atomic E-state index is -0.102. The van der Waals surface area contributed by atoms with Gasteiger partial charge in [0.2, 0.25) is 0 Å². The van der Waals surface area contributed by atoms with E-state index in [1.54, 1.807) is 11.7 Å². The Labute approximate surface area is 137 Å². The first-order valence-electron chi connectivity index (χ1n) is 7.92. The Morgan fingerprint density at radius 1 is 1.39 bits per heavy atom. The summed E-state index contributed by atoms with van der Waals surface area (Å²) in [7, 11) is 3.49. The lowest BCUT2D eigenvalue weighted by Gasteiger charge is -2.06. The van der Waals surface area contributed by atoms with Crippen molar-refractivity contribution < 1.29 is 9.53 Å². The summed E-state index contributed by atoms with van der Waals surface area (Å²) < 4.78 is 6.98. The molecule has 0 aliphatic heterocycles. The van der Waals surface area contributed by atoms with E-state index >= 15 is 0 Å². The van der Waals surface area contributed by atoms with Crippen LogP contribution in [0.4, 0.5) is 4.79 Å². The molecule has 0 aliphatic rings. The highest BCUT2D eigenvalue weighted by atomic mass is 16.5. The molecule has 5 heteroatoms. The van der Waals surface area contributed by atoms with Gasteiger partial charge in [0.05, 0.1) is 12.6 Å². The third-order valence-electron chi connectivity index (χ3n) is 3.88. The first-order valence-corrected chi connectivity index (χ1v) is 7.92. The molecule has 0 fully saturated rings. The number of aromatic nitrogens is 1. The fourth-order valence-corrected chi connectivity index (χ4v) is 2.49. The summed E-state index contributed by atoms with van der Waals surface area (Å²) in [5.74, 6) is 0.776. The van der Waals surface area contributed by atoms with Crippen LogP contribution in [0.1, 0.15) is 25.3 Å². The molecule has 1 amide bonds. The maximum atomic E-state index is 12.4. The van der Waals surface area contributed by atoms with Gasteiger partial charge < -0.3 is 15.4 Å². The predicted molar refractivity (Wildman–Crippen MR) is 94.1 cm³/mol. The molecule has 0 aliphatic carbocycles. The number of unbranched alkanes of at least 4 members (excludes halogenated alkanes) is 1. The maximum Gasteiger partial charge on any atom is 0.326 e. The van der Waals surface area contributed by atoms with Gasteiger partial charge in [0.1, 0.15) is 5.75 Å². The molecular weight excluding hydrogens is 290 g/mol. The number of nitrogens with zero attached hydrogens (tertiary/aromatic N) is 1. The third kappa shape index (κ3) is 3.86. The number of allylic oxidation sites excluding steroid dienone is 1. The molecule has 0 saturated carbocycles. The summed E-state index contributed by atoms with van der Waals surface area (Å²) in [6, 6.07) is 5.65. The van der Waals surface area contributed by atoms with Crippen LogP contribution in [0.5, 0.6) is 5.75 Å². The zero-order valence-electron chi connectivity index (χ0n) is 14.1. The number of carbonyl (C=O) groups excluding carboxylic acids is 1. The van der Waals surface area contributed by atoms with E-state index < -0.39 is 0 Å². The number of amides is 1. The zero-order valence-corrected chi connectivity index (χ0v) is 14.1. The molecule has 5 nitrogen and oxygen atoms in total. The molecule has 1 aromatic carbocycles. The number of fused-ring (bicyclic) bond motifs is 1. The molecule has 124 valence electrons. The van der Waals surface area contributed by atoms with Crippen LogP contribution in [0.2, 0.25) is 0 Å². The molecule has 2 rings (SSSR count). The van der Waals surface area contributed by atoms with Gasteiger partial charge in [-0.25, -0.2) is 4.79 Å². The van der Waals surface area contributed by atoms with Crippen molar-refractivity contribution >= 4 is 16.9 Å². The number of carbonyl (C=O) groups is 1. The van der Waals surface area contributed by atoms with Gasteiger partial charge in [-0.1, -0.05) is 19.9 Å². The van der Waals surface area contributed by atoms with E-state index in [4.69, 9.17) is 4.74 Å². The molecule has 0 atom stereocenters. The van der Waals surface area contributed by atoms with Gasteiger partial charge in [-0.05, 0) is 30.2 Å². The number of nitrogens with one attached hydrogen (secondary N) is 2. The molecule has 0 spiro atoms. The Hall–Kier alpha value is -2.43. The lowest BCUT2D eigenvalue weighted by Crippen LogP contribution is -2.28. The highest BCUT2D eigenvalue weighted by molar-refractivity contribution is 5.94. The van der Waals surface area contributed by atoms with Gasteiger partial charge in [0.25, 0.3) is 0 Å². The topological polar surface area (TPSA) is 55.3 Å². The minimum Gasteiger partial charge on any atom is -0.497 e. The largest absolute Gasteiger partial charge is 0.497 e. The van der Waals surface area contributed by atoms with Crippen molar-refractivity contribution in [2.75, 3.05) is 20.7 Å². The fourth-order valence-electron chi connectivity index (χ4n) is 2.49. The number of rotatable bonds is 7. The van der Waals surface area contributed by atoms with Gasteiger partial charge in [-0.3, -0.25) is 4.57 Å². The molecule has 2 aromatic rings. The van der Waals surface area contributed by atoms with E-state index in [1.807, 2.05) is 31.4 Å². The van der Waals surface area contributed by atoms with Gasteiger partial charge in [-0.15, -0.1) is 0 Å². The first-order chi connectivity index (χ1) is 11.1. The monoisotopic (exact) mass is 315 g/mol. The number of methoxy groups -OCH3 is 1. The summed E-state index contributed by atoms with van der Waals surface area (Å²) in [4.78, 5) is 12.4. The molecule has 1 heterocycles. The molecule has 0 saturated heterocycles. The Balaban J connectivity index is 2.40. The molecular formula is C18H25N3O2. The molecule has 0 unspecified atom stereocenters. The van der Waals surface area contributed by atoms with Crippen molar-refractivity contribution in [1.82, 2.24) is 15.2 Å². The highest BCUT2D eigenvalue weighted by Crippen LogP contribution is 2.27. The molecule has 23 heavy (non-hydrogen) atoms. The molecule has 2 N–H and O–H groups in total. The number of hydrogen-bond donors (Lipinski definition) is 2. The number of likely N-dealkylation sites (N-methyl/N-ethyl adjacent to an activating group) is 1. The Morgan fingerprint density at radius 2 is 2.17 bits per heavy atom. The van der Waals surface area contributed by atoms with Gasteiger partial charge in [0, 0.05) is 37.3 Å². The molecule has 0 bridgehead atoms. The Morgan fingerprint density at radius 3 is 2.83 bits per heavy atom. The maximum absolute atomic E-state index is 12.4. The normalized spacial score (nSPS) is 10.6. The summed E-state index contributed by atoms with van der Waals surface area (Å²) >= 11 is 0. The zero-order chi connectivity index (χ0) is 16.8. The molecule has 1 aromatic heterocycles. The third-order valence-corrected chi connectivity index (χ3v) is 3.88. The van der Waals surface area contributed by atoms with Crippen molar-refractivity contribution in [1.29, 1.82) is 0 Å². The van der Waals surface area contributed by atoms with E-state index in [-0.39, 0.29) is 6.03 Å². The van der Waals surface area contributed by atoms with E-state index in [0.29, 0.717) is 13.0 Å². The number of ether oxygens (including phenoxy) is 1. The van der Waals surface area contributed by atoms with Gasteiger partial charge in [0.15, 0.2) is 0 Å². The quantitative estimate of drug-likeness (QED) is 0.771. The lowest BCUT2D eigenvalue weighted by atomic mass is 10.1. The second-order valence-electron chi connectivity index (χ2n) is 5.52. The van der Waals surface area contributed by atoms with Crippen molar-refractivity contribution in [3.05, 3.63) is 42.2 Å². The van der Waals surface area contributed by atoms with Crippen molar-refractivity contribution in [3.8, 4) is 5.75 Å². The average Bonchev–Trinajstić information content (AvgIpc) is 2.92. The van der Waals surface area contributed by atoms with Crippen LogP contribution in [0.3, 0.4) is 0 Å². The second-order valence-corrected chi connectivity index (χ2v) is 5.52. The summed E-state index contributed by atoms with van der Waals surface area (Å²) in [5.41, 5.74) is 2.82. The second kappa shape index (κ2) is 7.72. The van der Waals surface area contributed by atoms with Crippen molar-refractivity contribution in [2.45, 2.75) is 26.2 Å². The molecule has 0 radical (unpaired) electrons.